The summed E-state index contributed by atoms with van der Waals surface area (Å²) in [5, 5.41) is 4.55. The van der Waals surface area contributed by atoms with Gasteiger partial charge < -0.3 is 10.6 Å². The highest BCUT2D eigenvalue weighted by Gasteiger charge is 2.25. The Morgan fingerprint density at radius 3 is 3.00 bits per heavy atom. The summed E-state index contributed by atoms with van der Waals surface area (Å²) >= 11 is 0. The first-order valence-electron chi connectivity index (χ1n) is 6.47. The van der Waals surface area contributed by atoms with Crippen molar-refractivity contribution in [2.75, 3.05) is 18.0 Å². The molecule has 1 fully saturated rings. The van der Waals surface area contributed by atoms with Crippen molar-refractivity contribution in [3.8, 4) is 0 Å². The summed E-state index contributed by atoms with van der Waals surface area (Å²) in [6.45, 7) is 6.14. The van der Waals surface area contributed by atoms with Crippen LogP contribution in [0.3, 0.4) is 0 Å². The first-order chi connectivity index (χ1) is 8.63. The molecule has 0 aliphatic carbocycles. The van der Waals surface area contributed by atoms with Gasteiger partial charge in [0.1, 0.15) is 0 Å². The molecule has 3 heterocycles. The zero-order chi connectivity index (χ0) is 12.7. The summed E-state index contributed by atoms with van der Waals surface area (Å²) in [5.41, 5.74) is 8.13. The summed E-state index contributed by atoms with van der Waals surface area (Å²) in [5.74, 6) is 1.31. The van der Waals surface area contributed by atoms with E-state index in [2.05, 4.69) is 34.9 Å². The predicted molar refractivity (Wildman–Crippen MR) is 71.7 cm³/mol. The molecule has 0 spiro atoms. The molecule has 18 heavy (non-hydrogen) atoms. The molecule has 1 aliphatic rings. The average molecular weight is 245 g/mol. The Bertz CT molecular complexity index is 562. The van der Waals surface area contributed by atoms with Crippen LogP contribution in [-0.2, 0) is 0 Å². The van der Waals surface area contributed by atoms with Crippen LogP contribution in [0.15, 0.2) is 18.3 Å². The molecule has 0 aromatic carbocycles. The van der Waals surface area contributed by atoms with Crippen molar-refractivity contribution < 1.29 is 0 Å². The van der Waals surface area contributed by atoms with Crippen molar-refractivity contribution in [2.24, 2.45) is 11.7 Å². The molecule has 96 valence electrons. The van der Waals surface area contributed by atoms with Crippen LogP contribution in [0.2, 0.25) is 0 Å². The number of piperidine rings is 1. The molecule has 0 bridgehead atoms. The van der Waals surface area contributed by atoms with Gasteiger partial charge in [0, 0.05) is 25.3 Å². The number of aryl methyl sites for hydroxylation is 1. The number of aromatic nitrogens is 3. The smallest absolute Gasteiger partial charge is 0.245 e. The third-order valence-electron chi connectivity index (χ3n) is 3.72. The predicted octanol–water partition coefficient (Wildman–Crippen LogP) is 1.21. The standard InChI is InChI=1S/C13H19N5/c1-9-3-4-12-15-13(16-18(12)7-9)17-6-5-11(14)10(2)8-17/h3-4,7,10-11H,5-6,8,14H2,1-2H3. The third kappa shape index (κ3) is 1.95. The zero-order valence-corrected chi connectivity index (χ0v) is 10.9. The largest absolute Gasteiger partial charge is 0.339 e. The Balaban J connectivity index is 1.90. The molecule has 2 aromatic heterocycles. The van der Waals surface area contributed by atoms with Crippen LogP contribution >= 0.6 is 0 Å². The van der Waals surface area contributed by atoms with Crippen LogP contribution in [0.5, 0.6) is 0 Å². The SMILES string of the molecule is Cc1ccc2nc(N3CCC(N)C(C)C3)nn2c1. The number of fused-ring (bicyclic) bond motifs is 1. The van der Waals surface area contributed by atoms with Gasteiger partial charge in [-0.05, 0) is 30.9 Å². The highest BCUT2D eigenvalue weighted by Crippen LogP contribution is 2.20. The third-order valence-corrected chi connectivity index (χ3v) is 3.72. The van der Waals surface area contributed by atoms with E-state index in [4.69, 9.17) is 5.73 Å². The maximum absolute atomic E-state index is 6.04. The van der Waals surface area contributed by atoms with Gasteiger partial charge in [0.2, 0.25) is 5.95 Å². The molecule has 2 unspecified atom stereocenters. The number of nitrogens with zero attached hydrogens (tertiary/aromatic N) is 4. The van der Waals surface area contributed by atoms with Crippen molar-refractivity contribution in [1.82, 2.24) is 14.6 Å². The van der Waals surface area contributed by atoms with Gasteiger partial charge in [-0.25, -0.2) is 4.52 Å². The average Bonchev–Trinajstić information content (AvgIpc) is 2.75. The lowest BCUT2D eigenvalue weighted by Crippen LogP contribution is -2.46. The van der Waals surface area contributed by atoms with Gasteiger partial charge in [0.25, 0.3) is 0 Å². The van der Waals surface area contributed by atoms with Crippen molar-refractivity contribution >= 4 is 11.6 Å². The molecule has 0 saturated carbocycles. The topological polar surface area (TPSA) is 59.5 Å². The van der Waals surface area contributed by atoms with E-state index in [0.717, 1.165) is 31.1 Å². The van der Waals surface area contributed by atoms with Crippen LogP contribution in [0.25, 0.3) is 5.65 Å². The Morgan fingerprint density at radius 1 is 1.39 bits per heavy atom. The van der Waals surface area contributed by atoms with Crippen LogP contribution in [0.1, 0.15) is 18.9 Å². The second-order valence-corrected chi connectivity index (χ2v) is 5.30. The Hall–Kier alpha value is -1.62. The van der Waals surface area contributed by atoms with Gasteiger partial charge in [0.05, 0.1) is 0 Å². The second-order valence-electron chi connectivity index (χ2n) is 5.30. The molecule has 1 saturated heterocycles. The van der Waals surface area contributed by atoms with Crippen LogP contribution < -0.4 is 10.6 Å². The minimum absolute atomic E-state index is 0.306. The highest BCUT2D eigenvalue weighted by molar-refractivity contribution is 5.45. The lowest BCUT2D eigenvalue weighted by atomic mass is 9.95. The van der Waals surface area contributed by atoms with E-state index in [1.165, 1.54) is 5.56 Å². The molecular weight excluding hydrogens is 226 g/mol. The van der Waals surface area contributed by atoms with Crippen LogP contribution in [0, 0.1) is 12.8 Å². The Labute approximate surface area is 107 Å². The molecule has 2 N–H and O–H groups in total. The van der Waals surface area contributed by atoms with E-state index < -0.39 is 0 Å². The number of anilines is 1. The highest BCUT2D eigenvalue weighted by atomic mass is 15.4. The summed E-state index contributed by atoms with van der Waals surface area (Å²) in [6, 6.07) is 4.37. The van der Waals surface area contributed by atoms with E-state index in [0.29, 0.717) is 12.0 Å². The molecule has 0 amide bonds. The summed E-state index contributed by atoms with van der Waals surface area (Å²) < 4.78 is 1.85. The fraction of sp³-hybridized carbons (Fsp3) is 0.538. The first kappa shape index (κ1) is 11.5. The van der Waals surface area contributed by atoms with Gasteiger partial charge in [-0.15, -0.1) is 5.10 Å². The number of nitrogens with two attached hydrogens (primary N) is 1. The quantitative estimate of drug-likeness (QED) is 0.820. The van der Waals surface area contributed by atoms with E-state index >= 15 is 0 Å². The zero-order valence-electron chi connectivity index (χ0n) is 10.9. The molecule has 5 nitrogen and oxygen atoms in total. The monoisotopic (exact) mass is 245 g/mol. The van der Waals surface area contributed by atoms with E-state index in [9.17, 15) is 0 Å². The number of rotatable bonds is 1. The van der Waals surface area contributed by atoms with Gasteiger partial charge in [-0.3, -0.25) is 0 Å². The maximum Gasteiger partial charge on any atom is 0.245 e. The van der Waals surface area contributed by atoms with Crippen molar-refractivity contribution in [2.45, 2.75) is 26.3 Å². The second kappa shape index (κ2) is 4.24. The number of pyridine rings is 1. The molecule has 2 aromatic rings. The lowest BCUT2D eigenvalue weighted by molar-refractivity contribution is 0.380. The summed E-state index contributed by atoms with van der Waals surface area (Å²) in [4.78, 5) is 6.81. The summed E-state index contributed by atoms with van der Waals surface area (Å²) in [6.07, 6.45) is 3.01. The normalized spacial score (nSPS) is 24.7. The molecular formula is C13H19N5. The van der Waals surface area contributed by atoms with Gasteiger partial charge in [0.15, 0.2) is 5.65 Å². The fourth-order valence-corrected chi connectivity index (χ4v) is 2.45. The molecule has 3 rings (SSSR count). The number of hydrogen-bond acceptors (Lipinski definition) is 4. The molecule has 1 aliphatic heterocycles. The van der Waals surface area contributed by atoms with Crippen LogP contribution in [-0.4, -0.2) is 33.7 Å². The maximum atomic E-state index is 6.04. The van der Waals surface area contributed by atoms with E-state index in [1.54, 1.807) is 0 Å². The van der Waals surface area contributed by atoms with Gasteiger partial charge in [-0.1, -0.05) is 13.0 Å². The molecule has 5 heteroatoms. The van der Waals surface area contributed by atoms with Crippen molar-refractivity contribution in [1.29, 1.82) is 0 Å². The van der Waals surface area contributed by atoms with E-state index in [1.807, 2.05) is 16.8 Å². The first-order valence-corrected chi connectivity index (χ1v) is 6.47. The Morgan fingerprint density at radius 2 is 2.22 bits per heavy atom. The van der Waals surface area contributed by atoms with Crippen molar-refractivity contribution in [3.63, 3.8) is 0 Å². The lowest BCUT2D eigenvalue weighted by Gasteiger charge is -2.34. The fourth-order valence-electron chi connectivity index (χ4n) is 2.45. The minimum atomic E-state index is 0.306. The van der Waals surface area contributed by atoms with Crippen molar-refractivity contribution in [3.05, 3.63) is 23.9 Å². The Kier molecular flexibility index (Phi) is 2.70. The van der Waals surface area contributed by atoms with Gasteiger partial charge in [-0.2, -0.15) is 4.98 Å². The number of hydrogen-bond donors (Lipinski definition) is 1. The van der Waals surface area contributed by atoms with E-state index in [-0.39, 0.29) is 0 Å². The molecule has 2 atom stereocenters. The minimum Gasteiger partial charge on any atom is -0.339 e. The summed E-state index contributed by atoms with van der Waals surface area (Å²) in [7, 11) is 0. The van der Waals surface area contributed by atoms with Crippen LogP contribution in [0.4, 0.5) is 5.95 Å². The van der Waals surface area contributed by atoms with Gasteiger partial charge >= 0.3 is 0 Å². The molecule has 0 radical (unpaired) electrons.